The van der Waals surface area contributed by atoms with Crippen LogP contribution in [0.1, 0.15) is 48.0 Å². The van der Waals surface area contributed by atoms with Crippen LogP contribution < -0.4 is 0 Å². The first-order chi connectivity index (χ1) is 9.29. The summed E-state index contributed by atoms with van der Waals surface area (Å²) >= 11 is 0. The van der Waals surface area contributed by atoms with E-state index in [9.17, 15) is 4.79 Å². The monoisotopic (exact) mass is 252 g/mol. The average Bonchev–Trinajstić information content (AvgIpc) is 2.90. The zero-order chi connectivity index (χ0) is 13.2. The van der Waals surface area contributed by atoms with E-state index >= 15 is 0 Å². The molecule has 2 aromatic rings. The average molecular weight is 252 g/mol. The molecule has 3 nitrogen and oxygen atoms in total. The molecule has 1 saturated carbocycles. The molecule has 1 fully saturated rings. The number of H-pyrrole nitrogens is 1. The third kappa shape index (κ3) is 2.15. The highest BCUT2D eigenvalue weighted by atomic mass is 16.1. The molecule has 1 aliphatic rings. The van der Waals surface area contributed by atoms with Gasteiger partial charge in [-0.3, -0.25) is 4.79 Å². The SMILES string of the molecule is N#Cc1ccc2c(C(=O)C3CCCCC3)c[nH]c2c1. The normalized spacial score (nSPS) is 16.4. The number of rotatable bonds is 2. The van der Waals surface area contributed by atoms with Crippen LogP contribution in [0, 0.1) is 17.2 Å². The van der Waals surface area contributed by atoms with E-state index in [4.69, 9.17) is 5.26 Å². The maximum Gasteiger partial charge on any atom is 0.168 e. The fraction of sp³-hybridized carbons (Fsp3) is 0.375. The van der Waals surface area contributed by atoms with Gasteiger partial charge in [0.25, 0.3) is 0 Å². The lowest BCUT2D eigenvalue weighted by Crippen LogP contribution is -2.17. The number of fused-ring (bicyclic) bond motifs is 1. The summed E-state index contributed by atoms with van der Waals surface area (Å²) in [6, 6.07) is 7.56. The van der Waals surface area contributed by atoms with Gasteiger partial charge < -0.3 is 4.98 Å². The van der Waals surface area contributed by atoms with Gasteiger partial charge in [0, 0.05) is 28.6 Å². The van der Waals surface area contributed by atoms with Gasteiger partial charge in [-0.05, 0) is 25.0 Å². The zero-order valence-corrected chi connectivity index (χ0v) is 10.8. The Morgan fingerprint density at radius 3 is 2.79 bits per heavy atom. The van der Waals surface area contributed by atoms with Crippen LogP contribution in [0.4, 0.5) is 0 Å². The molecule has 3 rings (SSSR count). The summed E-state index contributed by atoms with van der Waals surface area (Å²) in [5, 5.41) is 9.83. The minimum atomic E-state index is 0.184. The zero-order valence-electron chi connectivity index (χ0n) is 10.8. The number of hydrogen-bond acceptors (Lipinski definition) is 2. The Morgan fingerprint density at radius 2 is 2.05 bits per heavy atom. The Hall–Kier alpha value is -2.08. The third-order valence-electron chi connectivity index (χ3n) is 4.05. The molecule has 96 valence electrons. The number of hydrogen-bond donors (Lipinski definition) is 1. The molecule has 1 heterocycles. The van der Waals surface area contributed by atoms with E-state index in [0.29, 0.717) is 5.56 Å². The molecule has 0 amide bonds. The van der Waals surface area contributed by atoms with E-state index < -0.39 is 0 Å². The molecular weight excluding hydrogens is 236 g/mol. The van der Waals surface area contributed by atoms with Gasteiger partial charge in [0.2, 0.25) is 0 Å². The summed E-state index contributed by atoms with van der Waals surface area (Å²) in [7, 11) is 0. The van der Waals surface area contributed by atoms with Gasteiger partial charge in [-0.15, -0.1) is 0 Å². The number of nitriles is 1. The first kappa shape index (κ1) is 12.0. The largest absolute Gasteiger partial charge is 0.360 e. The molecule has 19 heavy (non-hydrogen) atoms. The van der Waals surface area contributed by atoms with Gasteiger partial charge in [0.15, 0.2) is 5.78 Å². The number of aromatic nitrogens is 1. The lowest BCUT2D eigenvalue weighted by molar-refractivity contribution is 0.0891. The molecule has 0 radical (unpaired) electrons. The highest BCUT2D eigenvalue weighted by Crippen LogP contribution is 2.29. The molecule has 0 aliphatic heterocycles. The number of nitrogens with zero attached hydrogens (tertiary/aromatic N) is 1. The van der Waals surface area contributed by atoms with Crippen molar-refractivity contribution in [3.63, 3.8) is 0 Å². The molecule has 1 aromatic carbocycles. The Balaban J connectivity index is 1.96. The molecule has 1 N–H and O–H groups in total. The highest BCUT2D eigenvalue weighted by Gasteiger charge is 2.24. The van der Waals surface area contributed by atoms with E-state index in [-0.39, 0.29) is 11.7 Å². The van der Waals surface area contributed by atoms with Gasteiger partial charge in [0.1, 0.15) is 0 Å². The molecule has 1 aromatic heterocycles. The molecule has 3 heteroatoms. The second kappa shape index (κ2) is 4.89. The van der Waals surface area contributed by atoms with Gasteiger partial charge in [-0.25, -0.2) is 0 Å². The Bertz CT molecular complexity index is 657. The van der Waals surface area contributed by atoms with Crippen molar-refractivity contribution in [3.8, 4) is 6.07 Å². The van der Waals surface area contributed by atoms with Gasteiger partial charge in [-0.1, -0.05) is 25.3 Å². The maximum atomic E-state index is 12.5. The number of aromatic amines is 1. The van der Waals surface area contributed by atoms with Crippen molar-refractivity contribution in [3.05, 3.63) is 35.5 Å². The van der Waals surface area contributed by atoms with Crippen LogP contribution in [0.15, 0.2) is 24.4 Å². The number of nitrogens with one attached hydrogen (secondary N) is 1. The Morgan fingerprint density at radius 1 is 1.26 bits per heavy atom. The van der Waals surface area contributed by atoms with E-state index in [0.717, 1.165) is 42.1 Å². The smallest absolute Gasteiger partial charge is 0.168 e. The molecule has 0 unspecified atom stereocenters. The van der Waals surface area contributed by atoms with Crippen molar-refractivity contribution in [1.82, 2.24) is 4.98 Å². The lowest BCUT2D eigenvalue weighted by atomic mass is 9.84. The quantitative estimate of drug-likeness (QED) is 0.826. The van der Waals surface area contributed by atoms with Gasteiger partial charge >= 0.3 is 0 Å². The minimum absolute atomic E-state index is 0.184. The predicted octanol–water partition coefficient (Wildman–Crippen LogP) is 3.80. The second-order valence-corrected chi connectivity index (χ2v) is 5.27. The van der Waals surface area contributed by atoms with Crippen molar-refractivity contribution < 1.29 is 4.79 Å². The number of benzene rings is 1. The van der Waals surface area contributed by atoms with E-state index in [1.54, 1.807) is 18.3 Å². The summed E-state index contributed by atoms with van der Waals surface area (Å²) < 4.78 is 0. The first-order valence-corrected chi connectivity index (χ1v) is 6.85. The van der Waals surface area contributed by atoms with Crippen LogP contribution in [0.25, 0.3) is 10.9 Å². The number of ketones is 1. The molecule has 1 aliphatic carbocycles. The fourth-order valence-corrected chi connectivity index (χ4v) is 2.98. The lowest BCUT2D eigenvalue weighted by Gasteiger charge is -2.19. The highest BCUT2D eigenvalue weighted by molar-refractivity contribution is 6.09. The molecule has 0 spiro atoms. The van der Waals surface area contributed by atoms with Crippen LogP contribution >= 0.6 is 0 Å². The molecule has 0 bridgehead atoms. The van der Waals surface area contributed by atoms with Crippen molar-refractivity contribution in [2.45, 2.75) is 32.1 Å². The summed E-state index contributed by atoms with van der Waals surface area (Å²) in [5.41, 5.74) is 2.27. The van der Waals surface area contributed by atoms with Crippen LogP contribution in [0.3, 0.4) is 0 Å². The number of Topliss-reactive ketones (excluding diaryl/α,β-unsaturated/α-hetero) is 1. The maximum absolute atomic E-state index is 12.5. The predicted molar refractivity (Wildman–Crippen MR) is 73.9 cm³/mol. The van der Waals surface area contributed by atoms with E-state index in [1.165, 1.54) is 6.42 Å². The Kier molecular flexibility index (Phi) is 3.08. The van der Waals surface area contributed by atoms with Crippen molar-refractivity contribution in [1.29, 1.82) is 5.26 Å². The van der Waals surface area contributed by atoms with E-state index in [2.05, 4.69) is 11.1 Å². The molecule has 0 atom stereocenters. The minimum Gasteiger partial charge on any atom is -0.360 e. The van der Waals surface area contributed by atoms with Crippen molar-refractivity contribution in [2.24, 2.45) is 5.92 Å². The molecular formula is C16H16N2O. The van der Waals surface area contributed by atoms with E-state index in [1.807, 2.05) is 6.07 Å². The second-order valence-electron chi connectivity index (χ2n) is 5.27. The summed E-state index contributed by atoms with van der Waals surface area (Å²) in [4.78, 5) is 15.7. The summed E-state index contributed by atoms with van der Waals surface area (Å²) in [6.07, 6.45) is 7.41. The standard InChI is InChI=1S/C16H16N2O/c17-9-11-6-7-13-14(10-18-15(13)8-11)16(19)12-4-2-1-3-5-12/h6-8,10,12,18H,1-5H2. The number of carbonyl (C=O) groups is 1. The number of carbonyl (C=O) groups excluding carboxylic acids is 1. The van der Waals surface area contributed by atoms with Crippen molar-refractivity contribution in [2.75, 3.05) is 0 Å². The van der Waals surface area contributed by atoms with Crippen LogP contribution in [-0.2, 0) is 0 Å². The third-order valence-corrected chi connectivity index (χ3v) is 4.05. The van der Waals surface area contributed by atoms with Gasteiger partial charge in [-0.2, -0.15) is 5.26 Å². The summed E-state index contributed by atoms with van der Waals surface area (Å²) in [6.45, 7) is 0. The topological polar surface area (TPSA) is 56.6 Å². The van der Waals surface area contributed by atoms with Gasteiger partial charge in [0.05, 0.1) is 11.6 Å². The fourth-order valence-electron chi connectivity index (χ4n) is 2.98. The Labute approximate surface area is 112 Å². The first-order valence-electron chi connectivity index (χ1n) is 6.85. The van der Waals surface area contributed by atoms with Crippen LogP contribution in [-0.4, -0.2) is 10.8 Å². The van der Waals surface area contributed by atoms with Crippen molar-refractivity contribution >= 4 is 16.7 Å². The van der Waals surface area contributed by atoms with Crippen LogP contribution in [0.2, 0.25) is 0 Å². The molecule has 0 saturated heterocycles. The van der Waals surface area contributed by atoms with Crippen LogP contribution in [0.5, 0.6) is 0 Å². The summed E-state index contributed by atoms with van der Waals surface area (Å²) in [5.74, 6) is 0.444.